The summed E-state index contributed by atoms with van der Waals surface area (Å²) in [7, 11) is 0. The van der Waals surface area contributed by atoms with Gasteiger partial charge in [0.05, 0.1) is 11.1 Å². The fourth-order valence-corrected chi connectivity index (χ4v) is 2.67. The third kappa shape index (κ3) is 3.96. The minimum atomic E-state index is 0.386. The molecule has 0 heterocycles. The summed E-state index contributed by atoms with van der Waals surface area (Å²) >= 11 is 0. The van der Waals surface area contributed by atoms with Gasteiger partial charge in [-0.2, -0.15) is 10.5 Å². The molecule has 0 unspecified atom stereocenters. The average Bonchev–Trinajstić information content (AvgIpc) is 2.71. The Morgan fingerprint density at radius 2 is 1.15 bits per heavy atom. The lowest BCUT2D eigenvalue weighted by Gasteiger charge is -2.06. The lowest BCUT2D eigenvalue weighted by molar-refractivity contribution is 1.41. The summed E-state index contributed by atoms with van der Waals surface area (Å²) in [6.07, 6.45) is 7.83. The third-order valence-electron chi connectivity index (χ3n) is 4.01. The van der Waals surface area contributed by atoms with E-state index in [0.29, 0.717) is 11.1 Å². The summed E-state index contributed by atoms with van der Waals surface area (Å²) in [5, 5.41) is 18.9. The Labute approximate surface area is 153 Å². The van der Waals surface area contributed by atoms with Gasteiger partial charge in [0.1, 0.15) is 12.1 Å². The van der Waals surface area contributed by atoms with Crippen molar-refractivity contribution < 1.29 is 0 Å². The first kappa shape index (κ1) is 17.0. The zero-order valence-electron chi connectivity index (χ0n) is 14.1. The molecule has 0 spiro atoms. The highest BCUT2D eigenvalue weighted by molar-refractivity contribution is 5.83. The van der Waals surface area contributed by atoms with Crippen molar-refractivity contribution in [3.8, 4) is 12.1 Å². The Bertz CT molecular complexity index is 1030. The van der Waals surface area contributed by atoms with Crippen molar-refractivity contribution in [3.05, 3.63) is 106 Å². The summed E-state index contributed by atoms with van der Waals surface area (Å²) in [5.41, 5.74) is 4.55. The Hall–Kier alpha value is -3.88. The summed E-state index contributed by atoms with van der Waals surface area (Å²) in [5.74, 6) is 0. The van der Waals surface area contributed by atoms with Gasteiger partial charge in [0.25, 0.3) is 0 Å². The molecule has 0 aliphatic rings. The number of hydrogen-bond donors (Lipinski definition) is 0. The molecule has 0 aliphatic heterocycles. The summed E-state index contributed by atoms with van der Waals surface area (Å²) in [6, 6.07) is 27.7. The molecule has 2 nitrogen and oxygen atoms in total. The number of rotatable bonds is 4. The van der Waals surface area contributed by atoms with E-state index in [1.165, 1.54) is 0 Å². The van der Waals surface area contributed by atoms with E-state index in [9.17, 15) is 10.5 Å². The summed E-state index contributed by atoms with van der Waals surface area (Å²) in [4.78, 5) is 0. The molecule has 0 bridgehead atoms. The van der Waals surface area contributed by atoms with E-state index in [2.05, 4.69) is 12.1 Å². The van der Waals surface area contributed by atoms with E-state index in [0.717, 1.165) is 22.3 Å². The third-order valence-corrected chi connectivity index (χ3v) is 4.01. The van der Waals surface area contributed by atoms with Crippen molar-refractivity contribution in [2.45, 2.75) is 0 Å². The smallest absolute Gasteiger partial charge is 0.101 e. The molecule has 0 aliphatic carbocycles. The molecule has 0 saturated heterocycles. The lowest BCUT2D eigenvalue weighted by Crippen LogP contribution is -1.92. The molecule has 0 amide bonds. The van der Waals surface area contributed by atoms with Crippen LogP contribution >= 0.6 is 0 Å². The van der Waals surface area contributed by atoms with Crippen LogP contribution in [0.1, 0.15) is 33.4 Å². The maximum absolute atomic E-state index is 9.58. The van der Waals surface area contributed by atoms with Crippen LogP contribution in [0.15, 0.2) is 72.8 Å². The van der Waals surface area contributed by atoms with Crippen molar-refractivity contribution in [2.24, 2.45) is 0 Å². The fourth-order valence-electron chi connectivity index (χ4n) is 2.67. The van der Waals surface area contributed by atoms with Crippen LogP contribution in [0.2, 0.25) is 0 Å². The van der Waals surface area contributed by atoms with Crippen LogP contribution in [-0.4, -0.2) is 0 Å². The zero-order valence-corrected chi connectivity index (χ0v) is 14.1. The van der Waals surface area contributed by atoms with E-state index in [1.54, 1.807) is 6.07 Å². The van der Waals surface area contributed by atoms with Gasteiger partial charge in [-0.3, -0.25) is 0 Å². The van der Waals surface area contributed by atoms with Crippen LogP contribution < -0.4 is 0 Å². The van der Waals surface area contributed by atoms with Crippen LogP contribution in [0.4, 0.5) is 0 Å². The van der Waals surface area contributed by atoms with Gasteiger partial charge >= 0.3 is 0 Å². The molecule has 0 radical (unpaired) electrons. The monoisotopic (exact) mass is 332 g/mol. The molecule has 3 aromatic carbocycles. The molecule has 0 saturated carbocycles. The van der Waals surface area contributed by atoms with E-state index in [-0.39, 0.29) is 0 Å². The lowest BCUT2D eigenvalue weighted by atomic mass is 9.95. The second kappa shape index (κ2) is 8.29. The van der Waals surface area contributed by atoms with Crippen molar-refractivity contribution in [1.82, 2.24) is 0 Å². The maximum atomic E-state index is 9.58. The molecule has 122 valence electrons. The van der Waals surface area contributed by atoms with Crippen LogP contribution in [-0.2, 0) is 0 Å². The highest BCUT2D eigenvalue weighted by Crippen LogP contribution is 2.23. The van der Waals surface area contributed by atoms with Gasteiger partial charge < -0.3 is 0 Å². The van der Waals surface area contributed by atoms with Crippen molar-refractivity contribution in [1.29, 1.82) is 10.5 Å². The Morgan fingerprint density at radius 3 is 1.69 bits per heavy atom. The van der Waals surface area contributed by atoms with E-state index in [1.807, 2.05) is 91.0 Å². The maximum Gasteiger partial charge on any atom is 0.101 e. The molecule has 0 atom stereocenters. The highest BCUT2D eigenvalue weighted by atomic mass is 14.3. The second-order valence-corrected chi connectivity index (χ2v) is 5.70. The summed E-state index contributed by atoms with van der Waals surface area (Å²) < 4.78 is 0. The molecule has 2 heteroatoms. The first-order chi connectivity index (χ1) is 12.8. The van der Waals surface area contributed by atoms with Gasteiger partial charge in [-0.1, -0.05) is 91.0 Å². The topological polar surface area (TPSA) is 47.6 Å². The molecular weight excluding hydrogens is 316 g/mol. The van der Waals surface area contributed by atoms with Gasteiger partial charge in [0.2, 0.25) is 0 Å². The quantitative estimate of drug-likeness (QED) is 0.569. The largest absolute Gasteiger partial charge is 0.192 e. The Balaban J connectivity index is 2.07. The van der Waals surface area contributed by atoms with E-state index in [4.69, 9.17) is 0 Å². The van der Waals surface area contributed by atoms with Gasteiger partial charge in [-0.05, 0) is 22.8 Å². The number of benzene rings is 3. The van der Waals surface area contributed by atoms with E-state index < -0.39 is 0 Å². The van der Waals surface area contributed by atoms with Gasteiger partial charge in [-0.15, -0.1) is 0 Å². The van der Waals surface area contributed by atoms with Crippen molar-refractivity contribution in [3.63, 3.8) is 0 Å². The Kier molecular flexibility index (Phi) is 5.41. The zero-order chi connectivity index (χ0) is 18.2. The minimum absolute atomic E-state index is 0.386. The van der Waals surface area contributed by atoms with Crippen molar-refractivity contribution in [2.75, 3.05) is 0 Å². The Morgan fingerprint density at radius 1 is 0.577 bits per heavy atom. The van der Waals surface area contributed by atoms with Gasteiger partial charge in [0.15, 0.2) is 0 Å². The van der Waals surface area contributed by atoms with Gasteiger partial charge in [-0.25, -0.2) is 0 Å². The predicted molar refractivity (Wildman–Crippen MR) is 107 cm³/mol. The molecule has 0 N–H and O–H groups in total. The van der Waals surface area contributed by atoms with Crippen LogP contribution in [0.5, 0.6) is 0 Å². The van der Waals surface area contributed by atoms with Crippen molar-refractivity contribution >= 4 is 24.3 Å². The van der Waals surface area contributed by atoms with E-state index >= 15 is 0 Å². The predicted octanol–water partition coefficient (Wildman–Crippen LogP) is 5.77. The highest BCUT2D eigenvalue weighted by Gasteiger charge is 2.09. The molecule has 3 aromatic rings. The van der Waals surface area contributed by atoms with Crippen LogP contribution in [0.25, 0.3) is 24.3 Å². The first-order valence-corrected chi connectivity index (χ1v) is 8.25. The fraction of sp³-hybridized carbons (Fsp3) is 0. The standard InChI is InChI=1S/C24H16N2/c25-17-22-15-14-21(13-11-19-7-3-1-4-8-19)23(24(22)18-26)16-12-20-9-5-2-6-10-20/h1-16H. The average molecular weight is 332 g/mol. The first-order valence-electron chi connectivity index (χ1n) is 8.25. The van der Waals surface area contributed by atoms with Crippen LogP contribution in [0, 0.1) is 22.7 Å². The minimum Gasteiger partial charge on any atom is -0.192 e. The van der Waals surface area contributed by atoms with Gasteiger partial charge in [0, 0.05) is 5.56 Å². The normalized spacial score (nSPS) is 10.7. The number of nitriles is 2. The number of nitrogens with zero attached hydrogens (tertiary/aromatic N) is 2. The molecule has 3 rings (SSSR count). The molecular formula is C24H16N2. The van der Waals surface area contributed by atoms with Crippen LogP contribution in [0.3, 0.4) is 0 Å². The number of hydrogen-bond acceptors (Lipinski definition) is 2. The second-order valence-electron chi connectivity index (χ2n) is 5.70. The SMILES string of the molecule is N#Cc1ccc(C=Cc2ccccc2)c(C=Cc2ccccc2)c1C#N. The molecule has 0 aromatic heterocycles. The summed E-state index contributed by atoms with van der Waals surface area (Å²) in [6.45, 7) is 0. The molecule has 26 heavy (non-hydrogen) atoms. The molecule has 0 fully saturated rings.